The van der Waals surface area contributed by atoms with Crippen LogP contribution in [-0.4, -0.2) is 24.2 Å². The van der Waals surface area contributed by atoms with Crippen molar-refractivity contribution in [3.8, 4) is 17.2 Å². The van der Waals surface area contributed by atoms with Gasteiger partial charge in [-0.25, -0.2) is 10.2 Å². The van der Waals surface area contributed by atoms with Gasteiger partial charge in [0.15, 0.2) is 6.10 Å². The first kappa shape index (κ1) is 27.9. The SMILES string of the molecule is C[C@@H](Oc1ccc(OCc2ccccc2)cc1)C(=O)N/N=C\c1cc(Br)ccc1OC(=O)c1ccc(Cl)cc1. The normalized spacial score (nSPS) is 11.6. The molecule has 0 heterocycles. The average Bonchev–Trinajstić information content (AvgIpc) is 2.95. The molecule has 0 aliphatic rings. The molecule has 4 rings (SSSR count). The minimum Gasteiger partial charge on any atom is -0.489 e. The summed E-state index contributed by atoms with van der Waals surface area (Å²) in [4.78, 5) is 25.0. The lowest BCUT2D eigenvalue weighted by molar-refractivity contribution is -0.127. The van der Waals surface area contributed by atoms with Gasteiger partial charge in [0.2, 0.25) is 0 Å². The molecule has 4 aromatic rings. The predicted molar refractivity (Wildman–Crippen MR) is 154 cm³/mol. The lowest BCUT2D eigenvalue weighted by Gasteiger charge is -2.13. The summed E-state index contributed by atoms with van der Waals surface area (Å²) < 4.78 is 17.8. The summed E-state index contributed by atoms with van der Waals surface area (Å²) in [5.41, 5.74) is 4.34. The highest BCUT2D eigenvalue weighted by Gasteiger charge is 2.15. The molecule has 1 amide bonds. The van der Waals surface area contributed by atoms with Gasteiger partial charge >= 0.3 is 5.97 Å². The van der Waals surface area contributed by atoms with E-state index in [0.717, 1.165) is 10.0 Å². The molecule has 4 aromatic carbocycles. The molecule has 0 spiro atoms. The van der Waals surface area contributed by atoms with Crippen molar-refractivity contribution in [2.24, 2.45) is 5.10 Å². The van der Waals surface area contributed by atoms with Crippen LogP contribution in [0, 0.1) is 0 Å². The summed E-state index contributed by atoms with van der Waals surface area (Å²) in [7, 11) is 0. The second-order valence-electron chi connectivity index (χ2n) is 8.32. The molecule has 0 unspecified atom stereocenters. The Hall–Kier alpha value is -4.14. The van der Waals surface area contributed by atoms with Crippen LogP contribution in [0.15, 0.2) is 107 Å². The molecule has 1 N–H and O–H groups in total. The number of hydrogen-bond donors (Lipinski definition) is 1. The van der Waals surface area contributed by atoms with E-state index in [1.54, 1.807) is 73.7 Å². The van der Waals surface area contributed by atoms with Crippen LogP contribution in [0.5, 0.6) is 17.2 Å². The van der Waals surface area contributed by atoms with E-state index in [4.69, 9.17) is 25.8 Å². The zero-order chi connectivity index (χ0) is 27.6. The van der Waals surface area contributed by atoms with Crippen molar-refractivity contribution in [2.45, 2.75) is 19.6 Å². The second-order valence-corrected chi connectivity index (χ2v) is 9.67. The molecule has 0 fully saturated rings. The Morgan fingerprint density at radius 3 is 2.36 bits per heavy atom. The lowest BCUT2D eigenvalue weighted by atomic mass is 10.2. The monoisotopic (exact) mass is 606 g/mol. The highest BCUT2D eigenvalue weighted by atomic mass is 79.9. The van der Waals surface area contributed by atoms with Gasteiger partial charge < -0.3 is 14.2 Å². The van der Waals surface area contributed by atoms with Crippen LogP contribution in [0.3, 0.4) is 0 Å². The fourth-order valence-electron chi connectivity index (χ4n) is 3.33. The number of carbonyl (C=O) groups excluding carboxylic acids is 2. The number of hydrogen-bond acceptors (Lipinski definition) is 6. The third-order valence-electron chi connectivity index (χ3n) is 5.39. The van der Waals surface area contributed by atoms with E-state index >= 15 is 0 Å². The third-order valence-corrected chi connectivity index (χ3v) is 6.13. The summed E-state index contributed by atoms with van der Waals surface area (Å²) in [5, 5.41) is 4.53. The van der Waals surface area contributed by atoms with Crippen molar-refractivity contribution in [3.63, 3.8) is 0 Å². The van der Waals surface area contributed by atoms with Crippen molar-refractivity contribution in [1.82, 2.24) is 5.43 Å². The van der Waals surface area contributed by atoms with Crippen molar-refractivity contribution in [3.05, 3.63) is 123 Å². The lowest BCUT2D eigenvalue weighted by Crippen LogP contribution is -2.33. The van der Waals surface area contributed by atoms with Gasteiger partial charge in [-0.3, -0.25) is 4.79 Å². The Balaban J connectivity index is 1.31. The number of nitrogens with zero attached hydrogens (tertiary/aromatic N) is 1. The fraction of sp³-hybridized carbons (Fsp3) is 0.100. The van der Waals surface area contributed by atoms with Crippen molar-refractivity contribution in [1.29, 1.82) is 0 Å². The molecule has 0 saturated heterocycles. The maximum Gasteiger partial charge on any atom is 0.343 e. The van der Waals surface area contributed by atoms with Gasteiger partial charge in [-0.1, -0.05) is 57.9 Å². The van der Waals surface area contributed by atoms with Crippen molar-refractivity contribution < 1.29 is 23.8 Å². The molecule has 0 radical (unpaired) electrons. The number of halogens is 2. The van der Waals surface area contributed by atoms with Crippen molar-refractivity contribution >= 4 is 45.6 Å². The molecule has 1 atom stereocenters. The Labute approximate surface area is 239 Å². The largest absolute Gasteiger partial charge is 0.489 e. The van der Waals surface area contributed by atoms with Crippen LogP contribution >= 0.6 is 27.5 Å². The predicted octanol–water partition coefficient (Wildman–Crippen LogP) is 6.82. The van der Waals surface area contributed by atoms with Crippen LogP contribution in [-0.2, 0) is 11.4 Å². The topological polar surface area (TPSA) is 86.2 Å². The van der Waals surface area contributed by atoms with Gasteiger partial charge in [0.25, 0.3) is 5.91 Å². The highest BCUT2D eigenvalue weighted by molar-refractivity contribution is 9.10. The smallest absolute Gasteiger partial charge is 0.343 e. The van der Waals surface area contributed by atoms with Gasteiger partial charge in [0, 0.05) is 15.1 Å². The Kier molecular flexibility index (Phi) is 9.72. The zero-order valence-corrected chi connectivity index (χ0v) is 23.2. The van der Waals surface area contributed by atoms with Crippen LogP contribution in [0.25, 0.3) is 0 Å². The van der Waals surface area contributed by atoms with E-state index in [2.05, 4.69) is 26.5 Å². The summed E-state index contributed by atoms with van der Waals surface area (Å²) >= 11 is 9.27. The van der Waals surface area contributed by atoms with E-state index in [1.807, 2.05) is 30.3 Å². The van der Waals surface area contributed by atoms with Crippen LogP contribution < -0.4 is 19.6 Å². The van der Waals surface area contributed by atoms with E-state index in [9.17, 15) is 9.59 Å². The number of amides is 1. The van der Waals surface area contributed by atoms with Crippen LogP contribution in [0.4, 0.5) is 0 Å². The summed E-state index contributed by atoms with van der Waals surface area (Å²) in [5.74, 6) is 0.470. The molecule has 9 heteroatoms. The number of benzene rings is 4. The van der Waals surface area contributed by atoms with Crippen LogP contribution in [0.2, 0.25) is 5.02 Å². The molecule has 0 aliphatic carbocycles. The molecule has 7 nitrogen and oxygen atoms in total. The van der Waals surface area contributed by atoms with Gasteiger partial charge in [0.05, 0.1) is 11.8 Å². The molecule has 0 aliphatic heterocycles. The van der Waals surface area contributed by atoms with Gasteiger partial charge in [-0.05, 0) is 79.2 Å². The molecule has 0 saturated carbocycles. The Morgan fingerprint density at radius 1 is 0.949 bits per heavy atom. The molecule has 0 aromatic heterocycles. The minimum absolute atomic E-state index is 0.273. The van der Waals surface area contributed by atoms with Gasteiger partial charge in [0.1, 0.15) is 23.9 Å². The maximum absolute atomic E-state index is 12.5. The fourth-order valence-corrected chi connectivity index (χ4v) is 3.83. The molecule has 0 bridgehead atoms. The van der Waals surface area contributed by atoms with E-state index in [-0.39, 0.29) is 5.75 Å². The first-order valence-corrected chi connectivity index (χ1v) is 13.1. The number of hydrazone groups is 1. The average molecular weight is 608 g/mol. The first-order chi connectivity index (χ1) is 18.9. The maximum atomic E-state index is 12.5. The van der Waals surface area contributed by atoms with Crippen LogP contribution in [0.1, 0.15) is 28.4 Å². The molecular formula is C30H24BrClN2O5. The van der Waals surface area contributed by atoms with E-state index < -0.39 is 18.0 Å². The third kappa shape index (κ3) is 8.43. The summed E-state index contributed by atoms with van der Waals surface area (Å²) in [6.07, 6.45) is 0.571. The number of carbonyl (C=O) groups is 2. The van der Waals surface area contributed by atoms with Crippen molar-refractivity contribution in [2.75, 3.05) is 0 Å². The Morgan fingerprint density at radius 2 is 1.64 bits per heavy atom. The van der Waals surface area contributed by atoms with Gasteiger partial charge in [-0.15, -0.1) is 0 Å². The summed E-state index contributed by atoms with van der Waals surface area (Å²) in [6, 6.07) is 28.3. The number of esters is 1. The zero-order valence-electron chi connectivity index (χ0n) is 20.8. The number of rotatable bonds is 10. The number of nitrogens with one attached hydrogen (secondary N) is 1. The first-order valence-electron chi connectivity index (χ1n) is 11.9. The van der Waals surface area contributed by atoms with E-state index in [1.165, 1.54) is 6.21 Å². The Bertz CT molecular complexity index is 1440. The summed E-state index contributed by atoms with van der Waals surface area (Å²) in [6.45, 7) is 2.07. The molecule has 39 heavy (non-hydrogen) atoms. The number of ether oxygens (including phenoxy) is 3. The quantitative estimate of drug-likeness (QED) is 0.0926. The van der Waals surface area contributed by atoms with Gasteiger partial charge in [-0.2, -0.15) is 5.10 Å². The second kappa shape index (κ2) is 13.6. The molecule has 198 valence electrons. The van der Waals surface area contributed by atoms with E-state index in [0.29, 0.717) is 34.3 Å². The standard InChI is InChI=1S/C30H24BrClN2O5/c1-20(38-27-14-12-26(13-15-27)37-19-21-5-3-2-4-6-21)29(35)34-33-18-23-17-24(31)9-16-28(23)39-30(36)22-7-10-25(32)11-8-22/h2-18,20H,19H2,1H3,(H,34,35)/b33-18-/t20-/m1/s1. The minimum atomic E-state index is -0.817. The molecular weight excluding hydrogens is 584 g/mol. The highest BCUT2D eigenvalue weighted by Crippen LogP contribution is 2.23.